The molecule has 1 heterocycles. The van der Waals surface area contributed by atoms with E-state index in [0.717, 1.165) is 17.7 Å². The highest BCUT2D eigenvalue weighted by atomic mass is 79.9. The van der Waals surface area contributed by atoms with E-state index >= 15 is 0 Å². The summed E-state index contributed by atoms with van der Waals surface area (Å²) in [5, 5.41) is 3.60. The van der Waals surface area contributed by atoms with Crippen LogP contribution < -0.4 is 5.32 Å². The Hall–Kier alpha value is -2.08. The van der Waals surface area contributed by atoms with E-state index in [-0.39, 0.29) is 5.92 Å². The van der Waals surface area contributed by atoms with Gasteiger partial charge in [-0.15, -0.1) is 0 Å². The zero-order chi connectivity index (χ0) is 18.4. The van der Waals surface area contributed by atoms with Crippen LogP contribution in [0.1, 0.15) is 18.9 Å². The molecule has 1 atom stereocenters. The lowest BCUT2D eigenvalue weighted by atomic mass is 9.81. The maximum atomic E-state index is 12.4. The highest BCUT2D eigenvalue weighted by Gasteiger charge is 2.36. The summed E-state index contributed by atoms with van der Waals surface area (Å²) in [6.07, 6.45) is 1.34. The maximum absolute atomic E-state index is 12.4. The molecule has 134 valence electrons. The molecule has 1 aliphatic heterocycles. The van der Waals surface area contributed by atoms with Crippen molar-refractivity contribution >= 4 is 27.9 Å². The molecule has 0 bridgehead atoms. The Labute approximate surface area is 156 Å². The van der Waals surface area contributed by atoms with Gasteiger partial charge < -0.3 is 14.8 Å². The lowest BCUT2D eigenvalue weighted by Gasteiger charge is -2.30. The average molecular weight is 408 g/mol. The van der Waals surface area contributed by atoms with Gasteiger partial charge in [0.15, 0.2) is 0 Å². The fourth-order valence-electron chi connectivity index (χ4n) is 3.11. The second-order valence-corrected chi connectivity index (χ2v) is 6.31. The van der Waals surface area contributed by atoms with Crippen molar-refractivity contribution in [1.82, 2.24) is 5.32 Å². The number of nitrogens with one attached hydrogen (secondary N) is 1. The summed E-state index contributed by atoms with van der Waals surface area (Å²) in [5.41, 5.74) is 3.51. The van der Waals surface area contributed by atoms with Crippen LogP contribution in [0.5, 0.6) is 0 Å². The molecule has 1 N–H and O–H groups in total. The monoisotopic (exact) mass is 407 g/mol. The molecule has 0 aromatic heterocycles. The van der Waals surface area contributed by atoms with Crippen LogP contribution >= 0.6 is 15.9 Å². The van der Waals surface area contributed by atoms with Crippen LogP contribution in [0.2, 0.25) is 0 Å². The number of aryl methyl sites for hydroxylation is 1. The molecule has 1 aromatic carbocycles. The van der Waals surface area contributed by atoms with Crippen LogP contribution in [0.3, 0.4) is 0 Å². The SMILES string of the molecule is COC(=O)C1=C(C)NC(CBr)=C(C(=O)OC)C1CCc1ccccc1. The molecule has 1 aromatic rings. The highest BCUT2D eigenvalue weighted by molar-refractivity contribution is 9.09. The third-order valence-electron chi connectivity index (χ3n) is 4.27. The Balaban J connectivity index is 2.42. The van der Waals surface area contributed by atoms with Gasteiger partial charge in [0.25, 0.3) is 0 Å². The number of hydrogen-bond acceptors (Lipinski definition) is 5. The predicted octanol–water partition coefficient (Wildman–Crippen LogP) is 3.11. The molecule has 0 radical (unpaired) electrons. The molecule has 1 unspecified atom stereocenters. The Kier molecular flexibility index (Phi) is 6.82. The van der Waals surface area contributed by atoms with Gasteiger partial charge in [-0.2, -0.15) is 0 Å². The zero-order valence-electron chi connectivity index (χ0n) is 14.6. The molecule has 0 saturated heterocycles. The number of benzene rings is 1. The molecule has 0 spiro atoms. The number of methoxy groups -OCH3 is 2. The number of halogens is 1. The third kappa shape index (κ3) is 4.31. The molecule has 0 amide bonds. The second-order valence-electron chi connectivity index (χ2n) is 5.75. The van der Waals surface area contributed by atoms with Crippen LogP contribution in [0.15, 0.2) is 52.9 Å². The van der Waals surface area contributed by atoms with Gasteiger partial charge in [-0.1, -0.05) is 46.3 Å². The van der Waals surface area contributed by atoms with E-state index in [4.69, 9.17) is 9.47 Å². The number of rotatable bonds is 6. The molecule has 0 saturated carbocycles. The lowest BCUT2D eigenvalue weighted by Crippen LogP contribution is -2.34. The van der Waals surface area contributed by atoms with Crippen LogP contribution in [-0.4, -0.2) is 31.5 Å². The minimum absolute atomic E-state index is 0.381. The van der Waals surface area contributed by atoms with Gasteiger partial charge in [-0.05, 0) is 25.3 Å². The highest BCUT2D eigenvalue weighted by Crippen LogP contribution is 2.35. The summed E-state index contributed by atoms with van der Waals surface area (Å²) >= 11 is 3.41. The minimum atomic E-state index is -0.436. The predicted molar refractivity (Wildman–Crippen MR) is 98.9 cm³/mol. The van der Waals surface area contributed by atoms with Crippen LogP contribution in [0, 0.1) is 5.92 Å². The maximum Gasteiger partial charge on any atom is 0.336 e. The Bertz CT molecular complexity index is 709. The van der Waals surface area contributed by atoms with Gasteiger partial charge in [0.05, 0.1) is 25.4 Å². The van der Waals surface area contributed by atoms with E-state index in [2.05, 4.69) is 21.2 Å². The molecule has 0 fully saturated rings. The molecule has 25 heavy (non-hydrogen) atoms. The van der Waals surface area contributed by atoms with Crippen molar-refractivity contribution in [2.75, 3.05) is 19.5 Å². The molecule has 5 nitrogen and oxygen atoms in total. The van der Waals surface area contributed by atoms with E-state index in [1.165, 1.54) is 14.2 Å². The summed E-state index contributed by atoms with van der Waals surface area (Å²) in [6, 6.07) is 9.97. The first-order valence-electron chi connectivity index (χ1n) is 8.00. The number of allylic oxidation sites excluding steroid dienone is 2. The lowest BCUT2D eigenvalue weighted by molar-refractivity contribution is -0.137. The minimum Gasteiger partial charge on any atom is -0.466 e. The molecule has 6 heteroatoms. The number of alkyl halides is 1. The van der Waals surface area contributed by atoms with Crippen molar-refractivity contribution in [3.63, 3.8) is 0 Å². The third-order valence-corrected chi connectivity index (χ3v) is 4.83. The second kappa shape index (κ2) is 8.85. The van der Waals surface area contributed by atoms with Crippen LogP contribution in [0.4, 0.5) is 0 Å². The van der Waals surface area contributed by atoms with Gasteiger partial charge in [0, 0.05) is 22.6 Å². The van der Waals surface area contributed by atoms with Crippen molar-refractivity contribution in [3.8, 4) is 0 Å². The Morgan fingerprint density at radius 2 is 1.68 bits per heavy atom. The van der Waals surface area contributed by atoms with Gasteiger partial charge in [-0.25, -0.2) is 9.59 Å². The fraction of sp³-hybridized carbons (Fsp3) is 0.368. The molecular weight excluding hydrogens is 386 g/mol. The van der Waals surface area contributed by atoms with E-state index in [9.17, 15) is 9.59 Å². The summed E-state index contributed by atoms with van der Waals surface area (Å²) in [5.74, 6) is -1.25. The van der Waals surface area contributed by atoms with Crippen molar-refractivity contribution in [2.24, 2.45) is 5.92 Å². The smallest absolute Gasteiger partial charge is 0.336 e. The topological polar surface area (TPSA) is 64.6 Å². The number of esters is 2. The molecule has 0 aliphatic carbocycles. The van der Waals surface area contributed by atoms with E-state index < -0.39 is 11.9 Å². The number of ether oxygens (including phenoxy) is 2. The molecule has 1 aliphatic rings. The first-order chi connectivity index (χ1) is 12.0. The zero-order valence-corrected chi connectivity index (χ0v) is 16.2. The molecule has 2 rings (SSSR count). The normalized spacial score (nSPS) is 17.2. The van der Waals surface area contributed by atoms with E-state index in [1.54, 1.807) is 0 Å². The Morgan fingerprint density at radius 1 is 1.08 bits per heavy atom. The van der Waals surface area contributed by atoms with Gasteiger partial charge in [0.1, 0.15) is 0 Å². The van der Waals surface area contributed by atoms with Crippen LogP contribution in [-0.2, 0) is 25.5 Å². The summed E-state index contributed by atoms with van der Waals surface area (Å²) in [7, 11) is 2.69. The van der Waals surface area contributed by atoms with Gasteiger partial charge in [0.2, 0.25) is 0 Å². The number of carbonyl (C=O) groups is 2. The standard InChI is InChI=1S/C19H22BrNO4/c1-12-16(18(22)24-2)14(10-9-13-7-5-4-6-8-13)17(19(23)25-3)15(11-20)21-12/h4-8,14,21H,9-11H2,1-3H3. The van der Waals surface area contributed by atoms with Crippen molar-refractivity contribution in [1.29, 1.82) is 0 Å². The first-order valence-corrected chi connectivity index (χ1v) is 9.13. The first kappa shape index (κ1) is 19.2. The summed E-state index contributed by atoms with van der Waals surface area (Å²) in [6.45, 7) is 1.82. The summed E-state index contributed by atoms with van der Waals surface area (Å²) < 4.78 is 9.92. The van der Waals surface area contributed by atoms with Gasteiger partial charge >= 0.3 is 11.9 Å². The summed E-state index contributed by atoms with van der Waals surface area (Å²) in [4.78, 5) is 24.7. The Morgan fingerprint density at radius 3 is 2.24 bits per heavy atom. The van der Waals surface area contributed by atoms with Crippen molar-refractivity contribution in [2.45, 2.75) is 19.8 Å². The van der Waals surface area contributed by atoms with E-state index in [1.807, 2.05) is 37.3 Å². The number of hydrogen-bond donors (Lipinski definition) is 1. The largest absolute Gasteiger partial charge is 0.466 e. The fourth-order valence-corrected chi connectivity index (χ4v) is 3.55. The average Bonchev–Trinajstić information content (AvgIpc) is 2.65. The quantitative estimate of drug-likeness (QED) is 0.579. The number of carbonyl (C=O) groups excluding carboxylic acids is 2. The molecular formula is C19H22BrNO4. The van der Waals surface area contributed by atoms with Gasteiger partial charge in [-0.3, -0.25) is 0 Å². The van der Waals surface area contributed by atoms with E-state index in [0.29, 0.717) is 28.6 Å². The van der Waals surface area contributed by atoms with Crippen molar-refractivity contribution in [3.05, 3.63) is 58.4 Å². The van der Waals surface area contributed by atoms with Crippen LogP contribution in [0.25, 0.3) is 0 Å². The number of dihydropyridines is 1. The van der Waals surface area contributed by atoms with Crippen molar-refractivity contribution < 1.29 is 19.1 Å².